The van der Waals surface area contributed by atoms with Crippen LogP contribution in [0.2, 0.25) is 0 Å². The van der Waals surface area contributed by atoms with Crippen molar-refractivity contribution in [3.05, 3.63) is 34.7 Å². The Kier molecular flexibility index (Phi) is 9.24. The van der Waals surface area contributed by atoms with Crippen LogP contribution in [0, 0.1) is 5.92 Å². The number of hydrogen-bond donors (Lipinski definition) is 1. The lowest BCUT2D eigenvalue weighted by Crippen LogP contribution is -2.40. The van der Waals surface area contributed by atoms with Crippen LogP contribution in [0.15, 0.2) is 34.2 Å². The maximum atomic E-state index is 11.7. The molecule has 0 atom stereocenters. The van der Waals surface area contributed by atoms with Crippen LogP contribution in [0.3, 0.4) is 0 Å². The molecule has 1 aromatic rings. The fourth-order valence-electron chi connectivity index (χ4n) is 3.21. The summed E-state index contributed by atoms with van der Waals surface area (Å²) >= 11 is 0. The van der Waals surface area contributed by atoms with Gasteiger partial charge in [0.1, 0.15) is 0 Å². The van der Waals surface area contributed by atoms with E-state index in [1.807, 2.05) is 12.3 Å². The average molecular weight is 363 g/mol. The summed E-state index contributed by atoms with van der Waals surface area (Å²) in [5.74, 6) is 1.76. The number of nitrogens with zero attached hydrogens (tertiary/aromatic N) is 3. The van der Waals surface area contributed by atoms with Crippen LogP contribution in [-0.2, 0) is 11.3 Å². The summed E-state index contributed by atoms with van der Waals surface area (Å²) in [5, 5.41) is 3.38. The molecule has 1 aliphatic heterocycles. The van der Waals surface area contributed by atoms with Crippen LogP contribution in [0.4, 0.5) is 0 Å². The molecular weight excluding hydrogens is 328 g/mol. The fourth-order valence-corrected chi connectivity index (χ4v) is 3.21. The summed E-state index contributed by atoms with van der Waals surface area (Å²) in [6.45, 7) is 7.36. The number of unbranched alkanes of at least 4 members (excludes halogenated alkanes) is 1. The second-order valence-electron chi connectivity index (χ2n) is 6.94. The quantitative estimate of drug-likeness (QED) is 0.416. The highest BCUT2D eigenvalue weighted by atomic mass is 16.5. The van der Waals surface area contributed by atoms with Gasteiger partial charge in [-0.3, -0.25) is 9.79 Å². The minimum absolute atomic E-state index is 0.0668. The molecule has 1 aromatic heterocycles. The maximum Gasteiger partial charge on any atom is 0.250 e. The van der Waals surface area contributed by atoms with Gasteiger partial charge in [0, 0.05) is 58.7 Å². The van der Waals surface area contributed by atoms with Gasteiger partial charge in [-0.05, 0) is 51.0 Å². The standard InChI is InChI=1S/C20H34N4O2/c1-3-21-20(23(2)15-9-18-10-16-26-17-11-18)22-12-5-7-14-24-13-6-4-8-19(24)25/h4,6,8,13,18H,3,5,7,9-12,14-17H2,1-2H3,(H,21,22). The number of ether oxygens (including phenoxy) is 1. The van der Waals surface area contributed by atoms with Crippen molar-refractivity contribution in [3.63, 3.8) is 0 Å². The molecular formula is C20H34N4O2. The molecule has 0 aromatic carbocycles. The molecule has 26 heavy (non-hydrogen) atoms. The summed E-state index contributed by atoms with van der Waals surface area (Å²) in [7, 11) is 2.12. The van der Waals surface area contributed by atoms with Gasteiger partial charge >= 0.3 is 0 Å². The van der Waals surface area contributed by atoms with E-state index in [1.165, 1.54) is 19.3 Å². The van der Waals surface area contributed by atoms with E-state index in [9.17, 15) is 4.79 Å². The molecule has 0 bridgehead atoms. The Bertz CT molecular complexity index is 593. The number of aromatic nitrogens is 1. The molecule has 6 nitrogen and oxygen atoms in total. The zero-order chi connectivity index (χ0) is 18.6. The number of aryl methyl sites for hydroxylation is 1. The number of aliphatic imine (C=N–C) groups is 1. The molecule has 0 amide bonds. The van der Waals surface area contributed by atoms with Crippen molar-refractivity contribution in [1.29, 1.82) is 0 Å². The van der Waals surface area contributed by atoms with Crippen molar-refractivity contribution in [2.24, 2.45) is 10.9 Å². The first-order valence-electron chi connectivity index (χ1n) is 9.93. The Balaban J connectivity index is 1.72. The number of pyridine rings is 1. The van der Waals surface area contributed by atoms with Crippen molar-refractivity contribution < 1.29 is 4.74 Å². The molecule has 0 aliphatic carbocycles. The van der Waals surface area contributed by atoms with Gasteiger partial charge in [0.05, 0.1) is 0 Å². The SMILES string of the molecule is CCNC(=NCCCCn1ccccc1=O)N(C)CCC1CCOCC1. The predicted molar refractivity (Wildman–Crippen MR) is 107 cm³/mol. The largest absolute Gasteiger partial charge is 0.381 e. The van der Waals surface area contributed by atoms with Gasteiger partial charge in [-0.15, -0.1) is 0 Å². The van der Waals surface area contributed by atoms with E-state index in [0.29, 0.717) is 0 Å². The third-order valence-electron chi connectivity index (χ3n) is 4.88. The summed E-state index contributed by atoms with van der Waals surface area (Å²) in [5.41, 5.74) is 0.0668. The molecule has 0 spiro atoms. The van der Waals surface area contributed by atoms with Gasteiger partial charge in [0.25, 0.3) is 0 Å². The summed E-state index contributed by atoms with van der Waals surface area (Å²) in [6, 6.07) is 5.28. The Hall–Kier alpha value is -1.82. The van der Waals surface area contributed by atoms with E-state index in [0.717, 1.165) is 64.1 Å². The Morgan fingerprint density at radius 1 is 1.35 bits per heavy atom. The van der Waals surface area contributed by atoms with Crippen molar-refractivity contribution in [2.75, 3.05) is 39.9 Å². The van der Waals surface area contributed by atoms with Gasteiger partial charge in [-0.2, -0.15) is 0 Å². The summed E-state index contributed by atoms with van der Waals surface area (Å²) in [6.07, 6.45) is 7.34. The molecule has 0 saturated carbocycles. The topological polar surface area (TPSA) is 58.9 Å². The van der Waals surface area contributed by atoms with Crippen molar-refractivity contribution >= 4 is 5.96 Å². The van der Waals surface area contributed by atoms with E-state index in [2.05, 4.69) is 24.2 Å². The molecule has 1 N–H and O–H groups in total. The summed E-state index contributed by atoms with van der Waals surface area (Å²) in [4.78, 5) is 18.7. The summed E-state index contributed by atoms with van der Waals surface area (Å²) < 4.78 is 7.20. The minimum Gasteiger partial charge on any atom is -0.381 e. The van der Waals surface area contributed by atoms with E-state index in [4.69, 9.17) is 9.73 Å². The van der Waals surface area contributed by atoms with Crippen LogP contribution in [-0.4, -0.2) is 55.3 Å². The molecule has 2 heterocycles. The average Bonchev–Trinajstić information content (AvgIpc) is 2.67. The molecule has 1 saturated heterocycles. The normalized spacial score (nSPS) is 15.8. The highest BCUT2D eigenvalue weighted by Gasteiger charge is 2.15. The lowest BCUT2D eigenvalue weighted by molar-refractivity contribution is 0.0625. The van der Waals surface area contributed by atoms with Gasteiger partial charge in [-0.25, -0.2) is 0 Å². The van der Waals surface area contributed by atoms with Crippen LogP contribution in [0.25, 0.3) is 0 Å². The second-order valence-corrected chi connectivity index (χ2v) is 6.94. The number of guanidine groups is 1. The molecule has 1 fully saturated rings. The van der Waals surface area contributed by atoms with Crippen LogP contribution < -0.4 is 10.9 Å². The van der Waals surface area contributed by atoms with Crippen LogP contribution >= 0.6 is 0 Å². The van der Waals surface area contributed by atoms with Gasteiger partial charge in [0.2, 0.25) is 5.56 Å². The van der Waals surface area contributed by atoms with Crippen molar-refractivity contribution in [2.45, 2.75) is 45.6 Å². The second kappa shape index (κ2) is 11.7. The third-order valence-corrected chi connectivity index (χ3v) is 4.88. The molecule has 146 valence electrons. The first-order chi connectivity index (χ1) is 12.7. The molecule has 2 rings (SSSR count). The maximum absolute atomic E-state index is 11.7. The van der Waals surface area contributed by atoms with Gasteiger partial charge < -0.3 is 19.5 Å². The van der Waals surface area contributed by atoms with Crippen LogP contribution in [0.5, 0.6) is 0 Å². The molecule has 6 heteroatoms. The van der Waals surface area contributed by atoms with E-state index in [1.54, 1.807) is 16.7 Å². The Labute approximate surface area is 157 Å². The van der Waals surface area contributed by atoms with Gasteiger partial charge in [-0.1, -0.05) is 6.07 Å². The van der Waals surface area contributed by atoms with E-state index < -0.39 is 0 Å². The first kappa shape index (κ1) is 20.5. The first-order valence-corrected chi connectivity index (χ1v) is 9.93. The van der Waals surface area contributed by atoms with Crippen molar-refractivity contribution in [1.82, 2.24) is 14.8 Å². The molecule has 0 radical (unpaired) electrons. The Morgan fingerprint density at radius 2 is 2.15 bits per heavy atom. The van der Waals surface area contributed by atoms with Gasteiger partial charge in [0.15, 0.2) is 5.96 Å². The third kappa shape index (κ3) is 7.20. The monoisotopic (exact) mass is 362 g/mol. The highest BCUT2D eigenvalue weighted by Crippen LogP contribution is 2.18. The Morgan fingerprint density at radius 3 is 2.88 bits per heavy atom. The van der Waals surface area contributed by atoms with E-state index in [-0.39, 0.29) is 5.56 Å². The minimum atomic E-state index is 0.0668. The molecule has 1 aliphatic rings. The molecule has 0 unspecified atom stereocenters. The number of nitrogens with one attached hydrogen (secondary N) is 1. The highest BCUT2D eigenvalue weighted by molar-refractivity contribution is 5.79. The predicted octanol–water partition coefficient (Wildman–Crippen LogP) is 2.34. The fraction of sp³-hybridized carbons (Fsp3) is 0.700. The lowest BCUT2D eigenvalue weighted by Gasteiger charge is -2.26. The smallest absolute Gasteiger partial charge is 0.250 e. The lowest BCUT2D eigenvalue weighted by atomic mass is 9.96. The van der Waals surface area contributed by atoms with Crippen LogP contribution in [0.1, 0.15) is 39.0 Å². The zero-order valence-electron chi connectivity index (χ0n) is 16.3. The number of hydrogen-bond acceptors (Lipinski definition) is 3. The van der Waals surface area contributed by atoms with Crippen molar-refractivity contribution in [3.8, 4) is 0 Å². The number of rotatable bonds is 9. The van der Waals surface area contributed by atoms with E-state index >= 15 is 0 Å². The zero-order valence-corrected chi connectivity index (χ0v) is 16.3.